The maximum atomic E-state index is 13.9. The van der Waals surface area contributed by atoms with E-state index in [2.05, 4.69) is 22.0 Å². The summed E-state index contributed by atoms with van der Waals surface area (Å²) < 4.78 is 71.4. The van der Waals surface area contributed by atoms with Crippen LogP contribution in [0.2, 0.25) is 10.0 Å². The Bertz CT molecular complexity index is 2060. The first-order chi connectivity index (χ1) is 24.3. The number of aliphatic hydroxyl groups is 1. The molecule has 0 atom stereocenters. The number of amides is 1. The summed E-state index contributed by atoms with van der Waals surface area (Å²) in [5, 5.41) is 17.0. The van der Waals surface area contributed by atoms with Gasteiger partial charge in [0, 0.05) is 48.9 Å². The van der Waals surface area contributed by atoms with Gasteiger partial charge in [-0.15, -0.1) is 11.3 Å². The fourth-order valence-corrected chi connectivity index (χ4v) is 8.44. The van der Waals surface area contributed by atoms with Crippen LogP contribution in [-0.2, 0) is 22.9 Å². The zero-order valence-corrected chi connectivity index (χ0v) is 30.2. The number of halogens is 5. The number of nitrogens with zero attached hydrogens (tertiary/aromatic N) is 4. The fraction of sp³-hybridized carbons (Fsp3) is 0.353. The molecule has 0 radical (unpaired) electrons. The van der Waals surface area contributed by atoms with E-state index in [0.29, 0.717) is 57.7 Å². The highest BCUT2D eigenvalue weighted by atomic mass is 35.5. The first-order valence-electron chi connectivity index (χ1n) is 16.1. The minimum atomic E-state index is -4.46. The number of carbonyl (C=O) groups is 1. The van der Waals surface area contributed by atoms with Gasteiger partial charge in [-0.05, 0) is 80.3 Å². The van der Waals surface area contributed by atoms with Crippen LogP contribution in [0, 0.1) is 11.8 Å². The third-order valence-corrected chi connectivity index (χ3v) is 11.6. The van der Waals surface area contributed by atoms with E-state index < -0.39 is 34.0 Å². The molecule has 270 valence electrons. The molecule has 0 bridgehead atoms. The number of rotatable bonds is 8. The van der Waals surface area contributed by atoms with Crippen molar-refractivity contribution in [1.82, 2.24) is 29.2 Å². The van der Waals surface area contributed by atoms with Crippen LogP contribution in [0.3, 0.4) is 0 Å². The van der Waals surface area contributed by atoms with Crippen molar-refractivity contribution in [2.75, 3.05) is 26.2 Å². The summed E-state index contributed by atoms with van der Waals surface area (Å²) in [6, 6.07) is 12.8. The van der Waals surface area contributed by atoms with Crippen molar-refractivity contribution in [2.24, 2.45) is 0 Å². The second-order valence-electron chi connectivity index (χ2n) is 12.1. The van der Waals surface area contributed by atoms with Gasteiger partial charge in [0.05, 0.1) is 37.8 Å². The Morgan fingerprint density at radius 1 is 0.980 bits per heavy atom. The van der Waals surface area contributed by atoms with Crippen LogP contribution in [0.25, 0.3) is 16.3 Å². The number of aliphatic hydroxyl groups excluding tert-OH is 1. The number of hydrazine groups is 1. The summed E-state index contributed by atoms with van der Waals surface area (Å²) in [5.74, 6) is 5.34. The highest BCUT2D eigenvalue weighted by Gasteiger charge is 2.32. The van der Waals surface area contributed by atoms with Crippen LogP contribution in [0.15, 0.2) is 54.6 Å². The molecule has 10 nitrogen and oxygen atoms in total. The van der Waals surface area contributed by atoms with Crippen LogP contribution < -0.4 is 10.1 Å². The molecule has 2 aromatic heterocycles. The Balaban J connectivity index is 1.42. The molecule has 0 saturated carbocycles. The highest BCUT2D eigenvalue weighted by Crippen LogP contribution is 2.37. The van der Waals surface area contributed by atoms with E-state index in [1.807, 2.05) is 5.01 Å². The van der Waals surface area contributed by atoms with Crippen LogP contribution in [-0.4, -0.2) is 70.8 Å². The van der Waals surface area contributed by atoms with Crippen molar-refractivity contribution in [3.8, 4) is 28.1 Å². The number of carbonyl (C=O) groups excluding carboxylic acids is 1. The number of hydrogen-bond acceptors (Lipinski definition) is 7. The van der Waals surface area contributed by atoms with Gasteiger partial charge in [0.15, 0.2) is 5.69 Å². The van der Waals surface area contributed by atoms with Gasteiger partial charge >= 0.3 is 6.18 Å². The molecule has 6 rings (SSSR count). The van der Waals surface area contributed by atoms with Gasteiger partial charge in [-0.25, -0.2) is 9.69 Å². The summed E-state index contributed by atoms with van der Waals surface area (Å²) in [6.07, 6.45) is -1.58. The zero-order chi connectivity index (χ0) is 36.3. The van der Waals surface area contributed by atoms with Gasteiger partial charge in [0.1, 0.15) is 0 Å². The monoisotopic (exact) mass is 780 g/mol. The Morgan fingerprint density at radius 2 is 1.69 bits per heavy atom. The van der Waals surface area contributed by atoms with E-state index >= 15 is 0 Å². The van der Waals surface area contributed by atoms with Crippen LogP contribution in [0.5, 0.6) is 0 Å². The van der Waals surface area contributed by atoms with Crippen molar-refractivity contribution >= 4 is 50.7 Å². The summed E-state index contributed by atoms with van der Waals surface area (Å²) in [7, 11) is -4.03. The summed E-state index contributed by atoms with van der Waals surface area (Å²) in [4.78, 5) is 15.0. The molecule has 3 N–H and O–H groups in total. The maximum absolute atomic E-state index is 13.9. The second-order valence-corrected chi connectivity index (χ2v) is 15.8. The lowest BCUT2D eigenvalue weighted by atomic mass is 10.1. The number of piperidine rings is 2. The largest absolute Gasteiger partial charge is 0.416 e. The predicted octanol–water partition coefficient (Wildman–Crippen LogP) is 6.25. The predicted molar refractivity (Wildman–Crippen MR) is 190 cm³/mol. The average molecular weight is 782 g/mol. The third kappa shape index (κ3) is 8.95. The lowest BCUT2D eigenvalue weighted by molar-refractivity contribution is -0.137. The Morgan fingerprint density at radius 3 is 2.35 bits per heavy atom. The molecular weight excluding hydrogens is 748 g/mol. The standard InChI is InChI=1S/C34H33Cl2F3N6O4S2/c35-24-9-12-29(28(36)20-24)45-32(30-13-11-26(50-30)10-6-22-4-7-23(8-5-22)34(37,38)39)27(21-40-51(48,49)44-18-14-25(46)15-19-44)31(41-45)33(47)42-43-16-2-1-3-17-43/h4-5,7-9,11-13,20,25,40,46H,1-3,14-19,21H2,(H,42,47). The number of thiophene rings is 1. The van der Waals surface area contributed by atoms with Gasteiger partial charge in [0.25, 0.3) is 16.1 Å². The van der Waals surface area contributed by atoms with Gasteiger partial charge in [-0.3, -0.25) is 10.2 Å². The number of nitrogens with one attached hydrogen (secondary N) is 2. The molecule has 51 heavy (non-hydrogen) atoms. The molecule has 1 amide bonds. The van der Waals surface area contributed by atoms with Crippen molar-refractivity contribution in [2.45, 2.75) is 50.9 Å². The van der Waals surface area contributed by atoms with E-state index in [0.717, 1.165) is 31.4 Å². The highest BCUT2D eigenvalue weighted by molar-refractivity contribution is 7.87. The number of benzene rings is 2. The first kappa shape index (κ1) is 37.3. The molecule has 2 saturated heterocycles. The quantitative estimate of drug-likeness (QED) is 0.182. The van der Waals surface area contributed by atoms with E-state index in [-0.39, 0.29) is 35.9 Å². The van der Waals surface area contributed by atoms with Crippen molar-refractivity contribution < 1.29 is 31.5 Å². The van der Waals surface area contributed by atoms with E-state index in [9.17, 15) is 31.5 Å². The van der Waals surface area contributed by atoms with Gasteiger partial charge in [0.2, 0.25) is 0 Å². The number of aromatic nitrogens is 2. The molecule has 0 aliphatic carbocycles. The summed E-state index contributed by atoms with van der Waals surface area (Å²) in [6.45, 7) is 1.26. The first-order valence-corrected chi connectivity index (χ1v) is 19.2. The smallest absolute Gasteiger partial charge is 0.393 e. The average Bonchev–Trinajstić information content (AvgIpc) is 3.72. The third-order valence-electron chi connectivity index (χ3n) is 8.53. The van der Waals surface area contributed by atoms with Gasteiger partial charge < -0.3 is 5.11 Å². The summed E-state index contributed by atoms with van der Waals surface area (Å²) >= 11 is 14.1. The van der Waals surface area contributed by atoms with E-state index in [1.165, 1.54) is 38.5 Å². The molecule has 2 fully saturated rings. The van der Waals surface area contributed by atoms with Crippen LogP contribution in [0.4, 0.5) is 13.2 Å². The van der Waals surface area contributed by atoms with Crippen molar-refractivity contribution in [1.29, 1.82) is 0 Å². The van der Waals surface area contributed by atoms with Gasteiger partial charge in [-0.2, -0.15) is 35.7 Å². The molecule has 0 spiro atoms. The fourth-order valence-electron chi connectivity index (χ4n) is 5.83. The lowest BCUT2D eigenvalue weighted by Crippen LogP contribution is -2.46. The maximum Gasteiger partial charge on any atom is 0.416 e. The second kappa shape index (κ2) is 15.6. The Hall–Kier alpha value is -3.46. The normalized spacial score (nSPS) is 16.5. The topological polar surface area (TPSA) is 120 Å². The summed E-state index contributed by atoms with van der Waals surface area (Å²) in [5.41, 5.74) is 3.55. The zero-order valence-electron chi connectivity index (χ0n) is 27.0. The molecule has 4 aromatic rings. The minimum Gasteiger partial charge on any atom is -0.393 e. The SMILES string of the molecule is O=C(NN1CCCCC1)c1nn(-c2ccc(Cl)cc2Cl)c(-c2ccc(C#Cc3ccc(C(F)(F)F)cc3)s2)c1CNS(=O)(=O)N1CCC(O)CC1. The van der Waals surface area contributed by atoms with Gasteiger partial charge in [-0.1, -0.05) is 41.5 Å². The van der Waals surface area contributed by atoms with Crippen LogP contribution in [0.1, 0.15) is 64.2 Å². The van der Waals surface area contributed by atoms with Crippen LogP contribution >= 0.6 is 34.5 Å². The minimum absolute atomic E-state index is 0.0239. The number of alkyl halides is 3. The molecule has 0 unspecified atom stereocenters. The van der Waals surface area contributed by atoms with E-state index in [4.69, 9.17) is 28.3 Å². The molecule has 2 aliphatic heterocycles. The number of hydrogen-bond donors (Lipinski definition) is 3. The molecule has 2 aromatic carbocycles. The lowest BCUT2D eigenvalue weighted by Gasteiger charge is -2.28. The molecule has 4 heterocycles. The van der Waals surface area contributed by atoms with E-state index in [1.54, 1.807) is 24.3 Å². The van der Waals surface area contributed by atoms with Crippen molar-refractivity contribution in [3.63, 3.8) is 0 Å². The van der Waals surface area contributed by atoms with Crippen molar-refractivity contribution in [3.05, 3.63) is 91.9 Å². The molecule has 2 aliphatic rings. The molecular formula is C34H33Cl2F3N6O4S2. The Kier molecular flexibility index (Phi) is 11.4. The molecule has 17 heteroatoms. The Labute approximate surface area is 307 Å².